The fourth-order valence-corrected chi connectivity index (χ4v) is 3.59. The van der Waals surface area contributed by atoms with Gasteiger partial charge in [-0.3, -0.25) is 4.40 Å². The molecule has 31 heavy (non-hydrogen) atoms. The Labute approximate surface area is 177 Å². The lowest BCUT2D eigenvalue weighted by atomic mass is 10.1. The maximum atomic E-state index is 13.7. The highest BCUT2D eigenvalue weighted by molar-refractivity contribution is 5.66. The number of aromatic nitrogens is 3. The fraction of sp³-hybridized carbons (Fsp3) is 0.0833. The van der Waals surface area contributed by atoms with E-state index in [-0.39, 0.29) is 11.6 Å². The van der Waals surface area contributed by atoms with Crippen LogP contribution in [0.4, 0.5) is 10.1 Å². The number of benzene rings is 2. The zero-order valence-corrected chi connectivity index (χ0v) is 16.5. The first-order valence-electron chi connectivity index (χ1n) is 9.80. The summed E-state index contributed by atoms with van der Waals surface area (Å²) in [5.74, 6) is 0.225. The van der Waals surface area contributed by atoms with Crippen LogP contribution in [0.2, 0.25) is 0 Å². The maximum absolute atomic E-state index is 13.7. The smallest absolute Gasteiger partial charge is 0.219 e. The van der Waals surface area contributed by atoms with Crippen LogP contribution in [0.25, 0.3) is 16.9 Å². The third-order valence-electron chi connectivity index (χ3n) is 5.15. The molecule has 0 unspecified atom stereocenters. The van der Waals surface area contributed by atoms with Crippen LogP contribution >= 0.6 is 0 Å². The topological polar surface area (TPSA) is 89.6 Å². The van der Waals surface area contributed by atoms with Crippen molar-refractivity contribution >= 4 is 11.3 Å². The molecule has 0 atom stereocenters. The molecule has 0 bridgehead atoms. The van der Waals surface area contributed by atoms with Crippen molar-refractivity contribution in [2.75, 3.05) is 5.73 Å². The number of furan rings is 1. The van der Waals surface area contributed by atoms with Crippen LogP contribution in [0.5, 0.6) is 5.88 Å². The first-order valence-corrected chi connectivity index (χ1v) is 9.80. The number of nitrogens with two attached hydrogens (primary N) is 1. The Kier molecular flexibility index (Phi) is 4.63. The molecule has 0 aliphatic heterocycles. The number of nitrogens with zero attached hydrogens (tertiary/aromatic N) is 3. The van der Waals surface area contributed by atoms with E-state index in [1.54, 1.807) is 29.0 Å². The van der Waals surface area contributed by atoms with Crippen LogP contribution < -0.4 is 5.73 Å². The Morgan fingerprint density at radius 1 is 0.968 bits per heavy atom. The van der Waals surface area contributed by atoms with Gasteiger partial charge in [-0.1, -0.05) is 30.3 Å². The van der Waals surface area contributed by atoms with Gasteiger partial charge in [0.05, 0.1) is 29.8 Å². The van der Waals surface area contributed by atoms with Gasteiger partial charge in [-0.25, -0.2) is 14.4 Å². The lowest BCUT2D eigenvalue weighted by Crippen LogP contribution is -2.01. The molecule has 5 aromatic rings. The van der Waals surface area contributed by atoms with Crippen molar-refractivity contribution in [3.8, 4) is 17.1 Å². The lowest BCUT2D eigenvalue weighted by Gasteiger charge is -2.09. The van der Waals surface area contributed by atoms with Gasteiger partial charge in [0, 0.05) is 18.2 Å². The van der Waals surface area contributed by atoms with Crippen molar-refractivity contribution < 1.29 is 13.9 Å². The number of aromatic hydroxyl groups is 1. The third kappa shape index (κ3) is 3.61. The summed E-state index contributed by atoms with van der Waals surface area (Å²) >= 11 is 0. The SMILES string of the molecule is Nc1cc(-c2cn3c(O)c(Cc4ccco4)nc3c(Cc3ccccc3)n2)ccc1F. The molecule has 0 saturated carbocycles. The summed E-state index contributed by atoms with van der Waals surface area (Å²) < 4.78 is 20.7. The summed E-state index contributed by atoms with van der Waals surface area (Å²) in [6, 6.07) is 18.0. The second-order valence-electron chi connectivity index (χ2n) is 7.30. The zero-order valence-electron chi connectivity index (χ0n) is 16.5. The molecule has 0 radical (unpaired) electrons. The number of rotatable bonds is 5. The van der Waals surface area contributed by atoms with Gasteiger partial charge in [-0.2, -0.15) is 0 Å². The average Bonchev–Trinajstić information content (AvgIpc) is 3.40. The number of halogens is 1. The number of imidazole rings is 1. The molecular formula is C24H19FN4O2. The van der Waals surface area contributed by atoms with Gasteiger partial charge in [0.15, 0.2) is 5.65 Å². The molecule has 7 heteroatoms. The quantitative estimate of drug-likeness (QED) is 0.410. The van der Waals surface area contributed by atoms with E-state index in [2.05, 4.69) is 4.98 Å². The van der Waals surface area contributed by atoms with E-state index in [9.17, 15) is 9.50 Å². The molecule has 0 saturated heterocycles. The van der Waals surface area contributed by atoms with Crippen molar-refractivity contribution in [3.63, 3.8) is 0 Å². The molecule has 0 fully saturated rings. The Morgan fingerprint density at radius 3 is 2.55 bits per heavy atom. The minimum atomic E-state index is -0.486. The molecule has 0 amide bonds. The summed E-state index contributed by atoms with van der Waals surface area (Å²) in [6.07, 6.45) is 4.14. The first-order chi connectivity index (χ1) is 15.1. The van der Waals surface area contributed by atoms with Crippen molar-refractivity contribution in [1.82, 2.24) is 14.4 Å². The predicted molar refractivity (Wildman–Crippen MR) is 115 cm³/mol. The first kappa shape index (κ1) is 18.9. The molecule has 5 rings (SSSR count). The molecular weight excluding hydrogens is 395 g/mol. The van der Waals surface area contributed by atoms with Gasteiger partial charge in [0.2, 0.25) is 5.88 Å². The van der Waals surface area contributed by atoms with Gasteiger partial charge < -0.3 is 15.3 Å². The van der Waals surface area contributed by atoms with E-state index < -0.39 is 5.82 Å². The summed E-state index contributed by atoms with van der Waals surface area (Å²) in [7, 11) is 0. The molecule has 154 valence electrons. The number of fused-ring (bicyclic) bond motifs is 1. The maximum Gasteiger partial charge on any atom is 0.219 e. The Hall–Kier alpha value is -4.13. The van der Waals surface area contributed by atoms with E-state index in [0.29, 0.717) is 46.9 Å². The molecule has 3 heterocycles. The van der Waals surface area contributed by atoms with Crippen molar-refractivity contribution in [2.45, 2.75) is 12.8 Å². The van der Waals surface area contributed by atoms with Gasteiger partial charge in [0.25, 0.3) is 0 Å². The summed E-state index contributed by atoms with van der Waals surface area (Å²) in [5, 5.41) is 10.9. The molecule has 3 N–H and O–H groups in total. The molecule has 3 aromatic heterocycles. The number of nitrogen functional groups attached to an aromatic ring is 1. The van der Waals surface area contributed by atoms with E-state index in [0.717, 1.165) is 5.56 Å². The average molecular weight is 414 g/mol. The van der Waals surface area contributed by atoms with Crippen LogP contribution in [0, 0.1) is 5.82 Å². The van der Waals surface area contributed by atoms with Gasteiger partial charge in [0.1, 0.15) is 17.3 Å². The van der Waals surface area contributed by atoms with Gasteiger partial charge >= 0.3 is 0 Å². The summed E-state index contributed by atoms with van der Waals surface area (Å²) in [4.78, 5) is 9.45. The van der Waals surface area contributed by atoms with Gasteiger partial charge in [-0.05, 0) is 35.9 Å². The van der Waals surface area contributed by atoms with E-state index in [1.807, 2.05) is 36.4 Å². The van der Waals surface area contributed by atoms with Crippen LogP contribution in [0.3, 0.4) is 0 Å². The summed E-state index contributed by atoms with van der Waals surface area (Å²) in [6.45, 7) is 0. The van der Waals surface area contributed by atoms with Crippen LogP contribution in [-0.4, -0.2) is 19.5 Å². The minimum absolute atomic E-state index is 0.0134. The number of hydrogen-bond donors (Lipinski definition) is 2. The summed E-state index contributed by atoms with van der Waals surface area (Å²) in [5.41, 5.74) is 9.80. The lowest BCUT2D eigenvalue weighted by molar-refractivity contribution is 0.438. The van der Waals surface area contributed by atoms with Gasteiger partial charge in [-0.15, -0.1) is 0 Å². The highest BCUT2D eigenvalue weighted by Gasteiger charge is 2.19. The number of anilines is 1. The van der Waals surface area contributed by atoms with Crippen molar-refractivity contribution in [2.24, 2.45) is 0 Å². The predicted octanol–water partition coefficient (Wildman–Crippen LogP) is 4.60. The molecule has 0 spiro atoms. The zero-order chi connectivity index (χ0) is 21.4. The van der Waals surface area contributed by atoms with E-state index in [4.69, 9.17) is 15.1 Å². The van der Waals surface area contributed by atoms with Crippen LogP contribution in [0.15, 0.2) is 77.5 Å². The fourth-order valence-electron chi connectivity index (χ4n) is 3.59. The molecule has 6 nitrogen and oxygen atoms in total. The normalized spacial score (nSPS) is 11.3. The largest absolute Gasteiger partial charge is 0.493 e. The second-order valence-corrected chi connectivity index (χ2v) is 7.30. The van der Waals surface area contributed by atoms with Crippen molar-refractivity contribution in [1.29, 1.82) is 0 Å². The highest BCUT2D eigenvalue weighted by Crippen LogP contribution is 2.29. The Bertz CT molecular complexity index is 1360. The molecule has 0 aliphatic carbocycles. The van der Waals surface area contributed by atoms with E-state index in [1.165, 1.54) is 12.1 Å². The van der Waals surface area contributed by atoms with Crippen molar-refractivity contribution in [3.05, 3.63) is 102 Å². The van der Waals surface area contributed by atoms with E-state index >= 15 is 0 Å². The monoisotopic (exact) mass is 414 g/mol. The third-order valence-corrected chi connectivity index (χ3v) is 5.15. The highest BCUT2D eigenvalue weighted by atomic mass is 19.1. The Morgan fingerprint density at radius 2 is 1.81 bits per heavy atom. The van der Waals surface area contributed by atoms with Crippen LogP contribution in [-0.2, 0) is 12.8 Å². The molecule has 0 aliphatic rings. The molecule has 2 aromatic carbocycles. The van der Waals surface area contributed by atoms with Crippen LogP contribution in [0.1, 0.15) is 22.7 Å². The second kappa shape index (κ2) is 7.60. The standard InChI is InChI=1S/C24H19FN4O2/c25-18-9-8-16(12-19(18)26)22-14-29-23(20(27-22)11-15-5-2-1-3-6-15)28-21(24(29)30)13-17-7-4-10-31-17/h1-10,12,14,30H,11,13,26H2. The minimum Gasteiger partial charge on any atom is -0.493 e. The Balaban J connectivity index is 1.67. The number of hydrogen-bond acceptors (Lipinski definition) is 5.